The van der Waals surface area contributed by atoms with E-state index in [1.165, 1.54) is 19.3 Å². The summed E-state index contributed by atoms with van der Waals surface area (Å²) >= 11 is 0. The van der Waals surface area contributed by atoms with Crippen molar-refractivity contribution in [1.82, 2.24) is 9.88 Å². The second-order valence-corrected chi connectivity index (χ2v) is 8.01. The Kier molecular flexibility index (Phi) is 5.38. The fraction of sp³-hybridized carbons (Fsp3) is 0.333. The van der Waals surface area contributed by atoms with Gasteiger partial charge in [0.2, 0.25) is 0 Å². The number of nitrogens with zero attached hydrogens (tertiary/aromatic N) is 1. The molecule has 3 aromatic rings. The van der Waals surface area contributed by atoms with Gasteiger partial charge in [-0.3, -0.25) is 9.59 Å². The van der Waals surface area contributed by atoms with E-state index in [0.29, 0.717) is 23.0 Å². The lowest BCUT2D eigenvalue weighted by atomic mass is 9.94. The normalized spacial score (nSPS) is 14.7. The van der Waals surface area contributed by atoms with Crippen LogP contribution in [0.5, 0.6) is 0 Å². The van der Waals surface area contributed by atoms with Gasteiger partial charge in [-0.2, -0.15) is 0 Å². The van der Waals surface area contributed by atoms with E-state index in [-0.39, 0.29) is 11.8 Å². The van der Waals surface area contributed by atoms with Crippen LogP contribution in [0.2, 0.25) is 0 Å². The number of carbonyl (C=O) groups excluding carboxylic acids is 2. The lowest BCUT2D eigenvalue weighted by Gasteiger charge is -2.31. The predicted molar refractivity (Wildman–Crippen MR) is 116 cm³/mol. The molecule has 5 nitrogen and oxygen atoms in total. The number of carbonyl (C=O) groups is 2. The van der Waals surface area contributed by atoms with Gasteiger partial charge >= 0.3 is 0 Å². The van der Waals surface area contributed by atoms with E-state index < -0.39 is 0 Å². The zero-order valence-corrected chi connectivity index (χ0v) is 17.0. The average Bonchev–Trinajstić information content (AvgIpc) is 3.17. The number of aromatic nitrogens is 1. The molecule has 29 heavy (non-hydrogen) atoms. The van der Waals surface area contributed by atoms with Crippen molar-refractivity contribution in [3.05, 3.63) is 65.4 Å². The molecule has 0 saturated heterocycles. The van der Waals surface area contributed by atoms with Crippen molar-refractivity contribution >= 4 is 28.4 Å². The highest BCUT2D eigenvalue weighted by Crippen LogP contribution is 2.23. The summed E-state index contributed by atoms with van der Waals surface area (Å²) in [5.41, 5.74) is 3.92. The first-order valence-electron chi connectivity index (χ1n) is 10.3. The summed E-state index contributed by atoms with van der Waals surface area (Å²) in [5, 5.41) is 3.90. The lowest BCUT2D eigenvalue weighted by molar-refractivity contribution is 0.0696. The average molecular weight is 389 g/mol. The van der Waals surface area contributed by atoms with Gasteiger partial charge in [0.05, 0.1) is 0 Å². The molecule has 1 aromatic heterocycles. The van der Waals surface area contributed by atoms with Crippen molar-refractivity contribution in [3.8, 4) is 0 Å². The summed E-state index contributed by atoms with van der Waals surface area (Å²) < 4.78 is 0. The van der Waals surface area contributed by atoms with Gasteiger partial charge in [0.15, 0.2) is 0 Å². The second-order valence-electron chi connectivity index (χ2n) is 8.01. The number of aromatic amines is 1. The van der Waals surface area contributed by atoms with Crippen LogP contribution < -0.4 is 5.32 Å². The fourth-order valence-corrected chi connectivity index (χ4v) is 4.10. The van der Waals surface area contributed by atoms with Crippen LogP contribution in [0.4, 0.5) is 5.69 Å². The van der Waals surface area contributed by atoms with Crippen molar-refractivity contribution < 1.29 is 9.59 Å². The molecule has 1 aliphatic rings. The standard InChI is InChI=1S/C24H27N3O2/c1-16-8-9-18-15-22(26-21(18)14-16)23(28)25-19-12-10-17(11-13-19)24(29)27(2)20-6-4-3-5-7-20/h8-15,20,26H,3-7H2,1-2H3,(H,25,28). The van der Waals surface area contributed by atoms with Gasteiger partial charge in [-0.1, -0.05) is 31.4 Å². The number of aryl methyl sites for hydroxylation is 1. The van der Waals surface area contributed by atoms with Crippen LogP contribution in [0.3, 0.4) is 0 Å². The number of anilines is 1. The quantitative estimate of drug-likeness (QED) is 0.649. The molecular weight excluding hydrogens is 362 g/mol. The first-order chi connectivity index (χ1) is 14.0. The molecule has 2 N–H and O–H groups in total. The molecule has 1 aliphatic carbocycles. The monoisotopic (exact) mass is 389 g/mol. The summed E-state index contributed by atoms with van der Waals surface area (Å²) in [4.78, 5) is 30.4. The van der Waals surface area contributed by atoms with Crippen molar-refractivity contribution in [2.45, 2.75) is 45.1 Å². The number of nitrogens with one attached hydrogen (secondary N) is 2. The Morgan fingerprint density at radius 3 is 2.45 bits per heavy atom. The first kappa shape index (κ1) is 19.2. The number of rotatable bonds is 4. The van der Waals surface area contributed by atoms with Gasteiger partial charge in [0.1, 0.15) is 5.69 Å². The minimum absolute atomic E-state index is 0.0424. The number of hydrogen-bond donors (Lipinski definition) is 2. The molecule has 1 saturated carbocycles. The predicted octanol–water partition coefficient (Wildman–Crippen LogP) is 5.13. The van der Waals surface area contributed by atoms with Crippen LogP contribution in [-0.4, -0.2) is 34.8 Å². The van der Waals surface area contributed by atoms with Gasteiger partial charge in [0.25, 0.3) is 11.8 Å². The molecule has 150 valence electrons. The van der Waals surface area contributed by atoms with Gasteiger partial charge in [-0.15, -0.1) is 0 Å². The summed E-state index contributed by atoms with van der Waals surface area (Å²) in [7, 11) is 1.89. The largest absolute Gasteiger partial charge is 0.351 e. The highest BCUT2D eigenvalue weighted by atomic mass is 16.2. The molecule has 4 rings (SSSR count). The second kappa shape index (κ2) is 8.11. The van der Waals surface area contributed by atoms with E-state index in [1.54, 1.807) is 24.3 Å². The van der Waals surface area contributed by atoms with Crippen molar-refractivity contribution in [2.24, 2.45) is 0 Å². The maximum atomic E-state index is 12.8. The van der Waals surface area contributed by atoms with E-state index in [9.17, 15) is 9.59 Å². The van der Waals surface area contributed by atoms with E-state index in [1.807, 2.05) is 43.1 Å². The molecule has 0 atom stereocenters. The van der Waals surface area contributed by atoms with Gasteiger partial charge in [0, 0.05) is 35.2 Å². The molecule has 2 aromatic carbocycles. The lowest BCUT2D eigenvalue weighted by Crippen LogP contribution is -2.38. The third kappa shape index (κ3) is 4.19. The SMILES string of the molecule is Cc1ccc2cc(C(=O)Nc3ccc(C(=O)N(C)C4CCCCC4)cc3)[nH]c2c1. The van der Waals surface area contributed by atoms with Crippen molar-refractivity contribution in [2.75, 3.05) is 12.4 Å². The number of H-pyrrole nitrogens is 1. The van der Waals surface area contributed by atoms with E-state index in [2.05, 4.69) is 10.3 Å². The molecular formula is C24H27N3O2. The van der Waals surface area contributed by atoms with Crippen LogP contribution >= 0.6 is 0 Å². The van der Waals surface area contributed by atoms with Crippen LogP contribution in [0.1, 0.15) is 58.5 Å². The molecule has 1 heterocycles. The molecule has 2 amide bonds. The van der Waals surface area contributed by atoms with Gasteiger partial charge in [-0.25, -0.2) is 0 Å². The van der Waals surface area contributed by atoms with Gasteiger partial charge < -0.3 is 15.2 Å². The van der Waals surface area contributed by atoms with Crippen LogP contribution in [-0.2, 0) is 0 Å². The van der Waals surface area contributed by atoms with Crippen LogP contribution in [0.25, 0.3) is 10.9 Å². The molecule has 0 spiro atoms. The molecule has 0 radical (unpaired) electrons. The van der Waals surface area contributed by atoms with E-state index in [0.717, 1.165) is 29.3 Å². The minimum atomic E-state index is -0.197. The highest BCUT2D eigenvalue weighted by molar-refractivity contribution is 6.06. The molecule has 0 bridgehead atoms. The maximum Gasteiger partial charge on any atom is 0.272 e. The molecule has 1 fully saturated rings. The Bertz CT molecular complexity index is 1030. The maximum absolute atomic E-state index is 12.8. The minimum Gasteiger partial charge on any atom is -0.351 e. The summed E-state index contributed by atoms with van der Waals surface area (Å²) in [6, 6.07) is 15.4. The van der Waals surface area contributed by atoms with E-state index in [4.69, 9.17) is 0 Å². The summed E-state index contributed by atoms with van der Waals surface area (Å²) in [6.45, 7) is 2.02. The Morgan fingerprint density at radius 2 is 1.72 bits per heavy atom. The molecule has 0 unspecified atom stereocenters. The number of fused-ring (bicyclic) bond motifs is 1. The van der Waals surface area contributed by atoms with Crippen LogP contribution in [0, 0.1) is 6.92 Å². The Balaban J connectivity index is 1.43. The van der Waals surface area contributed by atoms with E-state index >= 15 is 0 Å². The van der Waals surface area contributed by atoms with Crippen molar-refractivity contribution in [3.63, 3.8) is 0 Å². The number of benzene rings is 2. The third-order valence-corrected chi connectivity index (χ3v) is 5.86. The highest BCUT2D eigenvalue weighted by Gasteiger charge is 2.23. The molecule has 0 aliphatic heterocycles. The first-order valence-corrected chi connectivity index (χ1v) is 10.3. The zero-order valence-electron chi connectivity index (χ0n) is 17.0. The Hall–Kier alpha value is -3.08. The number of amides is 2. The smallest absolute Gasteiger partial charge is 0.272 e. The fourth-order valence-electron chi connectivity index (χ4n) is 4.10. The topological polar surface area (TPSA) is 65.2 Å². The Morgan fingerprint density at radius 1 is 1.00 bits per heavy atom. The zero-order chi connectivity index (χ0) is 20.4. The molecule has 5 heteroatoms. The number of hydrogen-bond acceptors (Lipinski definition) is 2. The van der Waals surface area contributed by atoms with Gasteiger partial charge in [-0.05, 0) is 61.7 Å². The summed E-state index contributed by atoms with van der Waals surface area (Å²) in [6.07, 6.45) is 5.82. The summed E-state index contributed by atoms with van der Waals surface area (Å²) in [5.74, 6) is -0.155. The third-order valence-electron chi connectivity index (χ3n) is 5.86. The van der Waals surface area contributed by atoms with Crippen LogP contribution in [0.15, 0.2) is 48.5 Å². The van der Waals surface area contributed by atoms with Crippen molar-refractivity contribution in [1.29, 1.82) is 0 Å². The Labute approximate surface area is 171 Å².